The van der Waals surface area contributed by atoms with Crippen molar-refractivity contribution in [3.63, 3.8) is 0 Å². The van der Waals surface area contributed by atoms with Gasteiger partial charge in [0.05, 0.1) is 25.2 Å². The van der Waals surface area contributed by atoms with Crippen LogP contribution in [-0.4, -0.2) is 44.1 Å². The molecule has 11 heteroatoms. The maximum Gasteiger partial charge on any atom is 0.303 e. The summed E-state index contributed by atoms with van der Waals surface area (Å²) >= 11 is 3.20. The average molecular weight is 620 g/mol. The highest BCUT2D eigenvalue weighted by Gasteiger charge is 2.32. The molecule has 3 N–H and O–H groups in total. The molecular weight excluding hydrogens is 587 g/mol. The number of thioether (sulfide) groups is 1. The van der Waals surface area contributed by atoms with Gasteiger partial charge >= 0.3 is 5.97 Å². The van der Waals surface area contributed by atoms with E-state index in [1.165, 1.54) is 0 Å². The molecule has 0 aliphatic carbocycles. The van der Waals surface area contributed by atoms with E-state index in [2.05, 4.69) is 21.6 Å². The van der Waals surface area contributed by atoms with Crippen molar-refractivity contribution in [1.29, 1.82) is 0 Å². The highest BCUT2D eigenvalue weighted by Crippen LogP contribution is 2.40. The number of aryl methyl sites for hydroxylation is 1. The molecule has 2 heterocycles. The van der Waals surface area contributed by atoms with Gasteiger partial charge in [0.15, 0.2) is 10.6 Å². The Labute approximate surface area is 258 Å². The number of aliphatic hydroxyl groups excluding tert-OH is 1. The first kappa shape index (κ1) is 30.8. The second kappa shape index (κ2) is 14.7. The monoisotopic (exact) mass is 619 g/mol. The molecule has 1 aromatic heterocycles. The number of aliphatic carboxylic acids is 1. The van der Waals surface area contributed by atoms with Gasteiger partial charge in [0.25, 0.3) is 0 Å². The molecule has 0 unspecified atom stereocenters. The summed E-state index contributed by atoms with van der Waals surface area (Å²) in [6.45, 7) is 2.24. The second-order valence-corrected chi connectivity index (χ2v) is 12.7. The van der Waals surface area contributed by atoms with Gasteiger partial charge in [-0.25, -0.2) is 0 Å². The highest BCUT2D eigenvalue weighted by atomic mass is 32.2. The Balaban J connectivity index is 1.32. The topological polar surface area (TPSA) is 131 Å². The predicted octanol–water partition coefficient (Wildman–Crippen LogP) is 5.82. The van der Waals surface area contributed by atoms with Gasteiger partial charge in [0, 0.05) is 30.7 Å². The molecular formula is C32H33N3O6S2. The molecule has 4 aromatic rings. The first-order chi connectivity index (χ1) is 20.9. The second-order valence-electron chi connectivity index (χ2n) is 10.2. The van der Waals surface area contributed by atoms with Gasteiger partial charge in [-0.15, -0.1) is 10.2 Å². The summed E-state index contributed by atoms with van der Waals surface area (Å²) in [4.78, 5) is 22.7. The van der Waals surface area contributed by atoms with E-state index in [-0.39, 0.29) is 37.6 Å². The number of nitrogens with zero attached hydrogens (tertiary/aromatic N) is 2. The maximum atomic E-state index is 12.0. The number of hydrogen-bond donors (Lipinski definition) is 3. The number of nitrogens with one attached hydrogen (secondary N) is 1. The number of aliphatic hydroxyl groups is 1. The van der Waals surface area contributed by atoms with Crippen LogP contribution in [0.25, 0.3) is 11.1 Å². The molecule has 0 bridgehead atoms. The number of amides is 1. The van der Waals surface area contributed by atoms with Crippen molar-refractivity contribution in [3.8, 4) is 11.1 Å². The van der Waals surface area contributed by atoms with E-state index in [4.69, 9.17) is 14.6 Å². The fourth-order valence-corrected chi connectivity index (χ4v) is 6.62. The Morgan fingerprint density at radius 2 is 1.72 bits per heavy atom. The third-order valence-corrected chi connectivity index (χ3v) is 9.09. The Morgan fingerprint density at radius 1 is 0.953 bits per heavy atom. The summed E-state index contributed by atoms with van der Waals surface area (Å²) in [5, 5.41) is 30.4. The van der Waals surface area contributed by atoms with E-state index in [0.29, 0.717) is 18.7 Å². The zero-order valence-corrected chi connectivity index (χ0v) is 25.3. The minimum absolute atomic E-state index is 0.0108. The largest absolute Gasteiger partial charge is 0.481 e. The summed E-state index contributed by atoms with van der Waals surface area (Å²) in [6, 6.07) is 23.8. The van der Waals surface area contributed by atoms with Gasteiger partial charge in [-0.05, 0) is 46.9 Å². The van der Waals surface area contributed by atoms with E-state index in [1.807, 2.05) is 73.7 Å². The van der Waals surface area contributed by atoms with E-state index in [0.717, 1.165) is 42.7 Å². The number of hydrogen-bond acceptors (Lipinski definition) is 9. The van der Waals surface area contributed by atoms with Crippen LogP contribution in [0.15, 0.2) is 77.1 Å². The molecule has 224 valence electrons. The molecule has 1 aliphatic heterocycles. The summed E-state index contributed by atoms with van der Waals surface area (Å²) in [6.07, 6.45) is -0.433. The molecule has 3 aromatic carbocycles. The summed E-state index contributed by atoms with van der Waals surface area (Å²) < 4.78 is 13.9. The third kappa shape index (κ3) is 8.71. The summed E-state index contributed by atoms with van der Waals surface area (Å²) in [7, 11) is 0. The number of carbonyl (C=O) groups is 2. The zero-order valence-electron chi connectivity index (χ0n) is 23.6. The van der Waals surface area contributed by atoms with Crippen molar-refractivity contribution >= 4 is 35.0 Å². The minimum atomic E-state index is -0.995. The van der Waals surface area contributed by atoms with Crippen molar-refractivity contribution in [3.05, 3.63) is 100 Å². The molecule has 0 saturated carbocycles. The molecule has 3 atom stereocenters. The lowest BCUT2D eigenvalue weighted by atomic mass is 9.99. The van der Waals surface area contributed by atoms with Gasteiger partial charge in [0.2, 0.25) is 5.91 Å². The Kier molecular flexibility index (Phi) is 10.6. The van der Waals surface area contributed by atoms with Crippen LogP contribution in [-0.2, 0) is 32.2 Å². The predicted molar refractivity (Wildman–Crippen MR) is 164 cm³/mol. The van der Waals surface area contributed by atoms with Crippen LogP contribution in [0.5, 0.6) is 0 Å². The third-order valence-electron chi connectivity index (χ3n) is 6.99. The smallest absolute Gasteiger partial charge is 0.303 e. The molecule has 1 fully saturated rings. The molecule has 1 aliphatic rings. The van der Waals surface area contributed by atoms with Crippen LogP contribution >= 0.6 is 23.1 Å². The zero-order chi connectivity index (χ0) is 30.2. The number of carbonyl (C=O) groups excluding carboxylic acids is 1. The van der Waals surface area contributed by atoms with E-state index >= 15 is 0 Å². The van der Waals surface area contributed by atoms with Crippen LogP contribution in [0.2, 0.25) is 0 Å². The summed E-state index contributed by atoms with van der Waals surface area (Å²) in [5.41, 5.74) is 5.64. The Hall–Kier alpha value is -3.61. The average Bonchev–Trinajstić information content (AvgIpc) is 3.46. The van der Waals surface area contributed by atoms with E-state index < -0.39 is 12.3 Å². The van der Waals surface area contributed by atoms with Gasteiger partial charge in [-0.3, -0.25) is 9.59 Å². The standard InChI is InChI=1S/C32H33N3O6S2/c1-20-34-35-32(43-20)42-19-27-16-28(23-10-8-21(18-36)9-11-23)41-31(40-27)26-7-3-6-25(15-26)24-5-2-4-22(14-24)17-33-29(37)12-13-30(38)39/h2-11,14-15,27-28,31,36H,12-13,16-19H2,1H3,(H,33,37)(H,38,39)/t27-,28+,31+/m1/s1. The fraction of sp³-hybridized carbons (Fsp3) is 0.312. The van der Waals surface area contributed by atoms with Crippen molar-refractivity contribution in [2.75, 3.05) is 5.75 Å². The van der Waals surface area contributed by atoms with Crippen LogP contribution in [0.1, 0.15) is 58.9 Å². The Bertz CT molecular complexity index is 1540. The van der Waals surface area contributed by atoms with E-state index in [9.17, 15) is 14.7 Å². The number of rotatable bonds is 12. The first-order valence-corrected chi connectivity index (χ1v) is 15.8. The fourth-order valence-electron chi connectivity index (χ4n) is 4.76. The number of aromatic nitrogens is 2. The molecule has 1 saturated heterocycles. The van der Waals surface area contributed by atoms with Crippen molar-refractivity contribution in [2.24, 2.45) is 0 Å². The molecule has 5 rings (SSSR count). The molecule has 0 radical (unpaired) electrons. The highest BCUT2D eigenvalue weighted by molar-refractivity contribution is 8.01. The molecule has 43 heavy (non-hydrogen) atoms. The number of carboxylic acids is 1. The molecule has 1 amide bonds. The normalized spacial score (nSPS) is 18.3. The number of ether oxygens (including phenoxy) is 2. The summed E-state index contributed by atoms with van der Waals surface area (Å²) in [5.74, 6) is -0.582. The number of carboxylic acid groups (broad SMARTS) is 1. The quantitative estimate of drug-likeness (QED) is 0.168. The first-order valence-electron chi connectivity index (χ1n) is 14.0. The molecule has 0 spiro atoms. The Morgan fingerprint density at radius 3 is 2.44 bits per heavy atom. The van der Waals surface area contributed by atoms with Crippen LogP contribution in [0, 0.1) is 6.92 Å². The van der Waals surface area contributed by atoms with Crippen LogP contribution in [0.4, 0.5) is 0 Å². The SMILES string of the molecule is Cc1nnc(SC[C@H]2C[C@@H](c3ccc(CO)cc3)O[C@@H](c3cccc(-c4cccc(CNC(=O)CCC(=O)O)c4)c3)O2)s1. The minimum Gasteiger partial charge on any atom is -0.481 e. The van der Waals surface area contributed by atoms with Crippen molar-refractivity contribution < 1.29 is 29.3 Å². The number of benzene rings is 3. The van der Waals surface area contributed by atoms with Gasteiger partial charge in [0.1, 0.15) is 5.01 Å². The van der Waals surface area contributed by atoms with Crippen LogP contribution in [0.3, 0.4) is 0 Å². The van der Waals surface area contributed by atoms with Gasteiger partial charge in [-0.1, -0.05) is 83.8 Å². The molecule has 9 nitrogen and oxygen atoms in total. The van der Waals surface area contributed by atoms with Gasteiger partial charge in [-0.2, -0.15) is 0 Å². The van der Waals surface area contributed by atoms with Crippen molar-refractivity contribution in [2.45, 2.75) is 62.2 Å². The van der Waals surface area contributed by atoms with Gasteiger partial charge < -0.3 is 25.0 Å². The lowest BCUT2D eigenvalue weighted by Crippen LogP contribution is -2.31. The van der Waals surface area contributed by atoms with E-state index in [1.54, 1.807) is 23.1 Å². The maximum absolute atomic E-state index is 12.0. The lowest BCUT2D eigenvalue weighted by molar-refractivity contribution is -0.245. The lowest BCUT2D eigenvalue weighted by Gasteiger charge is -2.36. The van der Waals surface area contributed by atoms with Crippen LogP contribution < -0.4 is 5.32 Å². The van der Waals surface area contributed by atoms with Crippen molar-refractivity contribution in [1.82, 2.24) is 15.5 Å².